The highest BCUT2D eigenvalue weighted by Crippen LogP contribution is 2.28. The zero-order chi connectivity index (χ0) is 8.39. The van der Waals surface area contributed by atoms with Crippen molar-refractivity contribution in [3.05, 3.63) is 0 Å². The van der Waals surface area contributed by atoms with E-state index in [2.05, 4.69) is 4.90 Å². The number of rotatable bonds is 3. The molecule has 2 fully saturated rings. The largest absolute Gasteiger partial charge is 0.383 e. The topological polar surface area (TPSA) is 21.7 Å². The Morgan fingerprint density at radius 3 is 2.58 bits per heavy atom. The van der Waals surface area contributed by atoms with Crippen LogP contribution in [0.25, 0.3) is 0 Å². The highest BCUT2D eigenvalue weighted by atomic mass is 16.5. The zero-order valence-electron chi connectivity index (χ0n) is 7.66. The minimum atomic E-state index is 0.807. The molecule has 0 aliphatic carbocycles. The highest BCUT2D eigenvalue weighted by molar-refractivity contribution is 4.86. The van der Waals surface area contributed by atoms with Gasteiger partial charge in [-0.1, -0.05) is 0 Å². The molecule has 0 aromatic heterocycles. The molecule has 0 aromatic carbocycles. The molecule has 0 unspecified atom stereocenters. The zero-order valence-corrected chi connectivity index (χ0v) is 7.66. The van der Waals surface area contributed by atoms with Crippen molar-refractivity contribution < 1.29 is 9.47 Å². The fraction of sp³-hybridized carbons (Fsp3) is 1.00. The van der Waals surface area contributed by atoms with Gasteiger partial charge < -0.3 is 14.4 Å². The van der Waals surface area contributed by atoms with Crippen molar-refractivity contribution in [2.24, 2.45) is 11.8 Å². The first-order chi connectivity index (χ1) is 5.90. The second-order valence-electron chi connectivity index (χ2n) is 3.81. The molecular weight excluding hydrogens is 154 g/mol. The van der Waals surface area contributed by atoms with Gasteiger partial charge in [0.25, 0.3) is 0 Å². The number of hydrogen-bond donors (Lipinski definition) is 0. The van der Waals surface area contributed by atoms with Crippen LogP contribution in [0.5, 0.6) is 0 Å². The van der Waals surface area contributed by atoms with E-state index in [-0.39, 0.29) is 0 Å². The first-order valence-electron chi connectivity index (χ1n) is 4.69. The molecule has 2 aliphatic rings. The van der Waals surface area contributed by atoms with E-state index < -0.39 is 0 Å². The third-order valence-corrected chi connectivity index (χ3v) is 2.93. The first-order valence-corrected chi connectivity index (χ1v) is 4.69. The second kappa shape index (κ2) is 3.73. The van der Waals surface area contributed by atoms with Crippen LogP contribution >= 0.6 is 0 Å². The smallest absolute Gasteiger partial charge is 0.0589 e. The fourth-order valence-electron chi connectivity index (χ4n) is 2.19. The molecule has 3 nitrogen and oxygen atoms in total. The SMILES string of the molecule is COCCN1C[C@H]2COC[C@H]2C1. The van der Waals surface area contributed by atoms with Crippen LogP contribution in [0, 0.1) is 11.8 Å². The summed E-state index contributed by atoms with van der Waals surface area (Å²) in [7, 11) is 1.76. The molecule has 2 saturated heterocycles. The summed E-state index contributed by atoms with van der Waals surface area (Å²) >= 11 is 0. The summed E-state index contributed by atoms with van der Waals surface area (Å²) in [4.78, 5) is 2.49. The number of ether oxygens (including phenoxy) is 2. The van der Waals surface area contributed by atoms with Crippen LogP contribution in [0.1, 0.15) is 0 Å². The Kier molecular flexibility index (Phi) is 2.63. The van der Waals surface area contributed by atoms with Crippen molar-refractivity contribution in [2.45, 2.75) is 0 Å². The Labute approximate surface area is 73.6 Å². The molecule has 0 radical (unpaired) electrons. The number of methoxy groups -OCH3 is 1. The number of likely N-dealkylation sites (tertiary alicyclic amines) is 1. The van der Waals surface area contributed by atoms with Crippen LogP contribution in [-0.2, 0) is 9.47 Å². The summed E-state index contributed by atoms with van der Waals surface area (Å²) in [5, 5.41) is 0. The van der Waals surface area contributed by atoms with Crippen LogP contribution in [0.4, 0.5) is 0 Å². The summed E-state index contributed by atoms with van der Waals surface area (Å²) < 4.78 is 10.5. The number of nitrogens with zero attached hydrogens (tertiary/aromatic N) is 1. The van der Waals surface area contributed by atoms with Gasteiger partial charge in [0.1, 0.15) is 0 Å². The minimum absolute atomic E-state index is 0.807. The maximum Gasteiger partial charge on any atom is 0.0589 e. The molecule has 0 N–H and O–H groups in total. The summed E-state index contributed by atoms with van der Waals surface area (Å²) in [5.41, 5.74) is 0. The predicted molar refractivity (Wildman–Crippen MR) is 46.1 cm³/mol. The van der Waals surface area contributed by atoms with Crippen LogP contribution in [0.2, 0.25) is 0 Å². The molecule has 0 bridgehead atoms. The molecule has 2 rings (SSSR count). The average Bonchev–Trinajstić information content (AvgIpc) is 2.58. The van der Waals surface area contributed by atoms with E-state index in [0.717, 1.165) is 38.2 Å². The summed E-state index contributed by atoms with van der Waals surface area (Å²) in [6.07, 6.45) is 0. The molecule has 12 heavy (non-hydrogen) atoms. The molecule has 2 aliphatic heterocycles. The van der Waals surface area contributed by atoms with Crippen molar-refractivity contribution >= 4 is 0 Å². The lowest BCUT2D eigenvalue weighted by molar-refractivity contribution is 0.130. The van der Waals surface area contributed by atoms with Gasteiger partial charge in [-0.2, -0.15) is 0 Å². The average molecular weight is 171 g/mol. The van der Waals surface area contributed by atoms with E-state index in [0.29, 0.717) is 0 Å². The van der Waals surface area contributed by atoms with Gasteiger partial charge in [0.15, 0.2) is 0 Å². The lowest BCUT2D eigenvalue weighted by Crippen LogP contribution is -2.26. The Hall–Kier alpha value is -0.120. The molecule has 0 aromatic rings. The summed E-state index contributed by atoms with van der Waals surface area (Å²) in [5.74, 6) is 1.61. The third kappa shape index (κ3) is 1.63. The van der Waals surface area contributed by atoms with Crippen molar-refractivity contribution in [3.63, 3.8) is 0 Å². The predicted octanol–water partition coefficient (Wildman–Crippen LogP) is 0.211. The van der Waals surface area contributed by atoms with Gasteiger partial charge in [-0.15, -0.1) is 0 Å². The van der Waals surface area contributed by atoms with Crippen molar-refractivity contribution in [1.82, 2.24) is 4.90 Å². The number of fused-ring (bicyclic) bond motifs is 1. The Morgan fingerprint density at radius 1 is 1.33 bits per heavy atom. The fourth-order valence-corrected chi connectivity index (χ4v) is 2.19. The maximum atomic E-state index is 5.41. The molecule has 0 spiro atoms. The molecular formula is C9H17NO2. The molecule has 3 heteroatoms. The molecule has 70 valence electrons. The van der Waals surface area contributed by atoms with Gasteiger partial charge in [0.05, 0.1) is 19.8 Å². The first kappa shape index (κ1) is 8.48. The normalized spacial score (nSPS) is 35.8. The quantitative estimate of drug-likeness (QED) is 0.606. The van der Waals surface area contributed by atoms with E-state index in [4.69, 9.17) is 9.47 Å². The van der Waals surface area contributed by atoms with Gasteiger partial charge in [-0.25, -0.2) is 0 Å². The van der Waals surface area contributed by atoms with E-state index >= 15 is 0 Å². The van der Waals surface area contributed by atoms with Crippen LogP contribution in [-0.4, -0.2) is 51.5 Å². The molecule has 0 saturated carbocycles. The van der Waals surface area contributed by atoms with Gasteiger partial charge in [0, 0.05) is 38.6 Å². The monoisotopic (exact) mass is 171 g/mol. The van der Waals surface area contributed by atoms with Crippen LogP contribution in [0.3, 0.4) is 0 Å². The van der Waals surface area contributed by atoms with E-state index in [9.17, 15) is 0 Å². The lowest BCUT2D eigenvalue weighted by Gasteiger charge is -2.15. The minimum Gasteiger partial charge on any atom is -0.383 e. The van der Waals surface area contributed by atoms with E-state index in [1.54, 1.807) is 7.11 Å². The van der Waals surface area contributed by atoms with E-state index in [1.165, 1.54) is 13.1 Å². The van der Waals surface area contributed by atoms with E-state index in [1.807, 2.05) is 0 Å². The van der Waals surface area contributed by atoms with Gasteiger partial charge in [-0.05, 0) is 0 Å². The summed E-state index contributed by atoms with van der Waals surface area (Å²) in [6, 6.07) is 0. The van der Waals surface area contributed by atoms with Crippen LogP contribution < -0.4 is 0 Å². The van der Waals surface area contributed by atoms with Gasteiger partial charge in [-0.3, -0.25) is 0 Å². The lowest BCUT2D eigenvalue weighted by atomic mass is 10.0. The second-order valence-corrected chi connectivity index (χ2v) is 3.81. The molecule has 2 atom stereocenters. The van der Waals surface area contributed by atoms with Gasteiger partial charge >= 0.3 is 0 Å². The Bertz CT molecular complexity index is 139. The van der Waals surface area contributed by atoms with Crippen molar-refractivity contribution in [1.29, 1.82) is 0 Å². The van der Waals surface area contributed by atoms with Crippen molar-refractivity contribution in [3.8, 4) is 0 Å². The Morgan fingerprint density at radius 2 is 2.00 bits per heavy atom. The van der Waals surface area contributed by atoms with Crippen molar-refractivity contribution in [2.75, 3.05) is 46.6 Å². The molecule has 0 amide bonds. The highest BCUT2D eigenvalue weighted by Gasteiger charge is 2.36. The third-order valence-electron chi connectivity index (χ3n) is 2.93. The Balaban J connectivity index is 1.75. The van der Waals surface area contributed by atoms with Gasteiger partial charge in [0.2, 0.25) is 0 Å². The summed E-state index contributed by atoms with van der Waals surface area (Å²) in [6.45, 7) is 6.34. The number of hydrogen-bond acceptors (Lipinski definition) is 3. The molecule has 2 heterocycles. The van der Waals surface area contributed by atoms with Crippen LogP contribution in [0.15, 0.2) is 0 Å². The maximum absolute atomic E-state index is 5.41. The standard InChI is InChI=1S/C9H17NO2/c1-11-3-2-10-4-8-6-12-7-9(8)5-10/h8-9H,2-7H2,1H3/t8-,9+.